The van der Waals surface area contributed by atoms with Crippen LogP contribution in [0.5, 0.6) is 0 Å². The maximum Gasteiger partial charge on any atom is 0.161 e. The topological polar surface area (TPSA) is 56.7 Å². The highest BCUT2D eigenvalue weighted by Crippen LogP contribution is 2.18. The van der Waals surface area contributed by atoms with Gasteiger partial charge in [0.05, 0.1) is 5.69 Å². The number of nitrogens with zero attached hydrogens (tertiary/aromatic N) is 3. The van der Waals surface area contributed by atoms with Crippen molar-refractivity contribution in [2.24, 2.45) is 0 Å². The van der Waals surface area contributed by atoms with E-state index in [1.54, 1.807) is 29.5 Å². The summed E-state index contributed by atoms with van der Waals surface area (Å²) in [7, 11) is 0. The Hall–Kier alpha value is -1.36. The number of hydrogen-bond donors (Lipinski definition) is 1. The first-order valence-electron chi connectivity index (χ1n) is 3.67. The van der Waals surface area contributed by atoms with Crippen LogP contribution in [0.25, 0.3) is 5.82 Å². The van der Waals surface area contributed by atoms with E-state index in [0.29, 0.717) is 11.5 Å². The normalized spacial score (nSPS) is 10.2. The van der Waals surface area contributed by atoms with Gasteiger partial charge in [0.2, 0.25) is 0 Å². The Morgan fingerprint density at radius 3 is 2.92 bits per heavy atom. The lowest BCUT2D eigenvalue weighted by Gasteiger charge is -2.04. The van der Waals surface area contributed by atoms with E-state index in [1.807, 2.05) is 6.07 Å². The highest BCUT2D eigenvalue weighted by atomic mass is 79.9. The van der Waals surface area contributed by atoms with Crippen LogP contribution in [0.15, 0.2) is 35.5 Å². The summed E-state index contributed by atoms with van der Waals surface area (Å²) in [6.45, 7) is 0. The van der Waals surface area contributed by atoms with Gasteiger partial charge in [-0.15, -0.1) is 0 Å². The Labute approximate surface area is 83.6 Å². The molecule has 0 bridgehead atoms. The van der Waals surface area contributed by atoms with Crippen molar-refractivity contribution in [2.45, 2.75) is 0 Å². The van der Waals surface area contributed by atoms with Crippen LogP contribution >= 0.6 is 15.9 Å². The monoisotopic (exact) mass is 238 g/mol. The van der Waals surface area contributed by atoms with Gasteiger partial charge in [0.25, 0.3) is 0 Å². The third-order valence-corrected chi connectivity index (χ3v) is 2.04. The van der Waals surface area contributed by atoms with Gasteiger partial charge in [-0.25, -0.2) is 9.97 Å². The van der Waals surface area contributed by atoms with E-state index in [2.05, 4.69) is 25.9 Å². The molecule has 2 rings (SSSR count). The SMILES string of the molecule is Nc1cc(Br)cnc1-n1ccnc1. The summed E-state index contributed by atoms with van der Waals surface area (Å²) in [5.41, 5.74) is 6.39. The number of imidazole rings is 1. The van der Waals surface area contributed by atoms with Crippen LogP contribution in [-0.2, 0) is 0 Å². The molecule has 2 aromatic rings. The molecule has 0 amide bonds. The first kappa shape index (κ1) is 8.25. The van der Waals surface area contributed by atoms with E-state index < -0.39 is 0 Å². The lowest BCUT2D eigenvalue weighted by atomic mass is 10.4. The fourth-order valence-corrected chi connectivity index (χ4v) is 1.40. The van der Waals surface area contributed by atoms with E-state index in [9.17, 15) is 0 Å². The molecular weight excluding hydrogens is 232 g/mol. The van der Waals surface area contributed by atoms with Crippen molar-refractivity contribution >= 4 is 21.6 Å². The van der Waals surface area contributed by atoms with Crippen LogP contribution in [0, 0.1) is 0 Å². The Kier molecular flexibility index (Phi) is 2.02. The van der Waals surface area contributed by atoms with Gasteiger partial charge >= 0.3 is 0 Å². The summed E-state index contributed by atoms with van der Waals surface area (Å²) in [6, 6.07) is 1.81. The number of nitrogens with two attached hydrogens (primary N) is 1. The van der Waals surface area contributed by atoms with Crippen molar-refractivity contribution in [2.75, 3.05) is 5.73 Å². The third kappa shape index (κ3) is 1.55. The number of nitrogen functional groups attached to an aromatic ring is 1. The Balaban J connectivity index is 2.53. The molecule has 0 aliphatic heterocycles. The van der Waals surface area contributed by atoms with Crippen molar-refractivity contribution in [1.29, 1.82) is 0 Å². The first-order chi connectivity index (χ1) is 6.27. The van der Waals surface area contributed by atoms with E-state index in [1.165, 1.54) is 0 Å². The summed E-state index contributed by atoms with van der Waals surface area (Å²) in [5, 5.41) is 0. The molecule has 0 fully saturated rings. The average molecular weight is 239 g/mol. The molecular formula is C8H7BrN4. The van der Waals surface area contributed by atoms with Crippen molar-refractivity contribution in [3.63, 3.8) is 0 Å². The minimum Gasteiger partial charge on any atom is -0.396 e. The molecule has 0 unspecified atom stereocenters. The zero-order valence-corrected chi connectivity index (χ0v) is 8.27. The number of aromatic nitrogens is 3. The van der Waals surface area contributed by atoms with E-state index in [4.69, 9.17) is 5.73 Å². The van der Waals surface area contributed by atoms with Gasteiger partial charge in [-0.05, 0) is 22.0 Å². The quantitative estimate of drug-likeness (QED) is 0.822. The lowest BCUT2D eigenvalue weighted by molar-refractivity contribution is 0.995. The average Bonchev–Trinajstić information content (AvgIpc) is 2.56. The Morgan fingerprint density at radius 1 is 1.46 bits per heavy atom. The zero-order chi connectivity index (χ0) is 9.26. The molecule has 0 spiro atoms. The molecule has 0 saturated carbocycles. The standard InChI is InChI=1S/C8H7BrN4/c9-6-3-7(10)8(12-4-6)13-2-1-11-5-13/h1-5H,10H2. The second-order valence-electron chi connectivity index (χ2n) is 2.54. The summed E-state index contributed by atoms with van der Waals surface area (Å²) in [4.78, 5) is 8.09. The minimum absolute atomic E-state index is 0.618. The van der Waals surface area contributed by atoms with Gasteiger partial charge in [-0.1, -0.05) is 0 Å². The fourth-order valence-electron chi connectivity index (χ4n) is 1.05. The van der Waals surface area contributed by atoms with Gasteiger partial charge in [0.15, 0.2) is 5.82 Å². The number of halogens is 1. The van der Waals surface area contributed by atoms with Gasteiger partial charge in [-0.2, -0.15) is 0 Å². The third-order valence-electron chi connectivity index (χ3n) is 1.61. The van der Waals surface area contributed by atoms with Crippen molar-refractivity contribution in [3.05, 3.63) is 35.5 Å². The van der Waals surface area contributed by atoms with Crippen LogP contribution in [0.4, 0.5) is 5.69 Å². The first-order valence-corrected chi connectivity index (χ1v) is 4.46. The predicted molar refractivity (Wildman–Crippen MR) is 53.5 cm³/mol. The molecule has 2 heterocycles. The van der Waals surface area contributed by atoms with Gasteiger partial charge in [0, 0.05) is 23.1 Å². The van der Waals surface area contributed by atoms with Crippen LogP contribution < -0.4 is 5.73 Å². The maximum absolute atomic E-state index is 5.77. The maximum atomic E-state index is 5.77. The van der Waals surface area contributed by atoms with Crippen LogP contribution in [0.1, 0.15) is 0 Å². The largest absolute Gasteiger partial charge is 0.396 e. The van der Waals surface area contributed by atoms with E-state index in [-0.39, 0.29) is 0 Å². The smallest absolute Gasteiger partial charge is 0.161 e. The van der Waals surface area contributed by atoms with Crippen LogP contribution in [0.2, 0.25) is 0 Å². The molecule has 0 atom stereocenters. The molecule has 13 heavy (non-hydrogen) atoms. The predicted octanol–water partition coefficient (Wildman–Crippen LogP) is 1.61. The fraction of sp³-hybridized carbons (Fsp3) is 0. The minimum atomic E-state index is 0.618. The van der Waals surface area contributed by atoms with Crippen molar-refractivity contribution in [3.8, 4) is 5.82 Å². The molecule has 0 aliphatic carbocycles. The molecule has 0 radical (unpaired) electrons. The molecule has 4 nitrogen and oxygen atoms in total. The molecule has 5 heteroatoms. The Bertz CT molecular complexity index is 410. The summed E-state index contributed by atoms with van der Waals surface area (Å²) >= 11 is 3.29. The van der Waals surface area contributed by atoms with Gasteiger partial charge < -0.3 is 5.73 Å². The molecule has 0 saturated heterocycles. The Morgan fingerprint density at radius 2 is 2.31 bits per heavy atom. The number of hydrogen-bond acceptors (Lipinski definition) is 3. The van der Waals surface area contributed by atoms with E-state index in [0.717, 1.165) is 4.47 Å². The zero-order valence-electron chi connectivity index (χ0n) is 6.68. The summed E-state index contributed by atoms with van der Waals surface area (Å²) in [6.07, 6.45) is 6.84. The second-order valence-corrected chi connectivity index (χ2v) is 3.45. The van der Waals surface area contributed by atoms with Crippen molar-refractivity contribution in [1.82, 2.24) is 14.5 Å². The van der Waals surface area contributed by atoms with Crippen molar-refractivity contribution < 1.29 is 0 Å². The number of rotatable bonds is 1. The van der Waals surface area contributed by atoms with Crippen LogP contribution in [0.3, 0.4) is 0 Å². The summed E-state index contributed by atoms with van der Waals surface area (Å²) < 4.78 is 2.63. The molecule has 2 aromatic heterocycles. The molecule has 0 aromatic carbocycles. The van der Waals surface area contributed by atoms with Crippen LogP contribution in [-0.4, -0.2) is 14.5 Å². The lowest BCUT2D eigenvalue weighted by Crippen LogP contribution is -2.00. The molecule has 0 aliphatic rings. The number of pyridine rings is 1. The number of anilines is 1. The highest BCUT2D eigenvalue weighted by Gasteiger charge is 2.02. The van der Waals surface area contributed by atoms with Gasteiger partial charge in [0.1, 0.15) is 6.33 Å². The van der Waals surface area contributed by atoms with E-state index >= 15 is 0 Å². The summed E-state index contributed by atoms with van der Waals surface area (Å²) in [5.74, 6) is 0.695. The molecule has 66 valence electrons. The van der Waals surface area contributed by atoms with Gasteiger partial charge in [-0.3, -0.25) is 4.57 Å². The molecule has 2 N–H and O–H groups in total. The second kappa shape index (κ2) is 3.18. The highest BCUT2D eigenvalue weighted by molar-refractivity contribution is 9.10.